The second-order valence-corrected chi connectivity index (χ2v) is 4.18. The highest BCUT2D eigenvalue weighted by Gasteiger charge is 2.24. The summed E-state index contributed by atoms with van der Waals surface area (Å²) in [5.41, 5.74) is -0.265. The molecular weight excluding hydrogens is 280 g/mol. The van der Waals surface area contributed by atoms with E-state index in [1.165, 1.54) is 19.2 Å². The molecule has 8 heteroatoms. The number of nitrogens with one attached hydrogen (secondary N) is 1. The summed E-state index contributed by atoms with van der Waals surface area (Å²) in [4.78, 5) is 33.2. The van der Waals surface area contributed by atoms with Crippen LogP contribution in [-0.2, 0) is 4.79 Å². The molecule has 0 heterocycles. The lowest BCUT2D eigenvalue weighted by Crippen LogP contribution is -2.36. The molecule has 0 aromatic heterocycles. The van der Waals surface area contributed by atoms with E-state index in [0.717, 1.165) is 6.07 Å². The molecule has 2 N–H and O–H groups in total. The predicted molar refractivity (Wildman–Crippen MR) is 73.7 cm³/mol. The molecule has 1 rings (SSSR count). The number of benzene rings is 1. The number of nitro groups is 1. The Morgan fingerprint density at radius 2 is 2.14 bits per heavy atom. The molecule has 0 saturated carbocycles. The normalized spacial score (nSPS) is 11.7. The van der Waals surface area contributed by atoms with Crippen molar-refractivity contribution < 1.29 is 24.4 Å². The number of ether oxygens (including phenoxy) is 1. The Balaban J connectivity index is 3.12. The topological polar surface area (TPSA) is 119 Å². The van der Waals surface area contributed by atoms with E-state index >= 15 is 0 Å². The zero-order valence-corrected chi connectivity index (χ0v) is 11.7. The third-order valence-corrected chi connectivity index (χ3v) is 2.78. The van der Waals surface area contributed by atoms with Gasteiger partial charge < -0.3 is 15.2 Å². The van der Waals surface area contributed by atoms with Crippen LogP contribution in [0.25, 0.3) is 0 Å². The van der Waals surface area contributed by atoms with Gasteiger partial charge in [-0.3, -0.25) is 19.7 Å². The van der Waals surface area contributed by atoms with Gasteiger partial charge in [-0.2, -0.15) is 0 Å². The zero-order chi connectivity index (χ0) is 16.0. The molecule has 0 spiro atoms. The monoisotopic (exact) mass is 296 g/mol. The molecule has 0 aliphatic carbocycles. The molecule has 1 aromatic rings. The van der Waals surface area contributed by atoms with Crippen molar-refractivity contribution in [2.75, 3.05) is 13.7 Å². The van der Waals surface area contributed by atoms with Gasteiger partial charge in [-0.05, 0) is 26.1 Å². The summed E-state index contributed by atoms with van der Waals surface area (Å²) in [6, 6.07) is 2.87. The number of hydrogen-bond acceptors (Lipinski definition) is 6. The van der Waals surface area contributed by atoms with Crippen LogP contribution in [0, 0.1) is 10.1 Å². The molecule has 114 valence electrons. The van der Waals surface area contributed by atoms with Crippen LogP contribution in [0.4, 0.5) is 5.69 Å². The second kappa shape index (κ2) is 7.34. The SMILES string of the molecule is CCOc1ccc(C(=O)C(CC(=O)O)NC)cc1[N+](=O)[O-]. The van der Waals surface area contributed by atoms with Gasteiger partial charge in [0.05, 0.1) is 24.0 Å². The van der Waals surface area contributed by atoms with Gasteiger partial charge in [-0.25, -0.2) is 0 Å². The van der Waals surface area contributed by atoms with E-state index in [4.69, 9.17) is 9.84 Å². The van der Waals surface area contributed by atoms with E-state index in [1.54, 1.807) is 6.92 Å². The van der Waals surface area contributed by atoms with Crippen LogP contribution in [0.2, 0.25) is 0 Å². The molecule has 0 amide bonds. The Bertz CT molecular complexity index is 558. The number of carbonyl (C=O) groups is 2. The summed E-state index contributed by atoms with van der Waals surface area (Å²) in [6.07, 6.45) is -0.406. The van der Waals surface area contributed by atoms with Gasteiger partial charge in [0.2, 0.25) is 0 Å². The fraction of sp³-hybridized carbons (Fsp3) is 0.385. The van der Waals surface area contributed by atoms with Crippen LogP contribution in [0.1, 0.15) is 23.7 Å². The Hall–Kier alpha value is -2.48. The van der Waals surface area contributed by atoms with Gasteiger partial charge in [0.25, 0.3) is 0 Å². The van der Waals surface area contributed by atoms with E-state index in [-0.39, 0.29) is 23.6 Å². The molecule has 0 fully saturated rings. The van der Waals surface area contributed by atoms with Crippen molar-refractivity contribution in [2.24, 2.45) is 0 Å². The van der Waals surface area contributed by atoms with Crippen LogP contribution >= 0.6 is 0 Å². The molecule has 0 aliphatic rings. The van der Waals surface area contributed by atoms with E-state index in [9.17, 15) is 19.7 Å². The number of ketones is 1. The van der Waals surface area contributed by atoms with Crippen LogP contribution in [0.3, 0.4) is 0 Å². The molecule has 1 atom stereocenters. The molecule has 0 aliphatic heterocycles. The van der Waals surface area contributed by atoms with E-state index in [2.05, 4.69) is 5.32 Å². The highest BCUT2D eigenvalue weighted by atomic mass is 16.6. The number of rotatable bonds is 8. The number of carbonyl (C=O) groups excluding carboxylic acids is 1. The summed E-state index contributed by atoms with van der Waals surface area (Å²) in [6.45, 7) is 1.94. The number of carboxylic acids is 1. The Morgan fingerprint density at radius 1 is 1.48 bits per heavy atom. The van der Waals surface area contributed by atoms with Crippen molar-refractivity contribution >= 4 is 17.4 Å². The number of nitrogens with zero attached hydrogens (tertiary/aromatic N) is 1. The number of Topliss-reactive ketones (excluding diaryl/α,β-unsaturated/α-hetero) is 1. The lowest BCUT2D eigenvalue weighted by atomic mass is 10.0. The molecular formula is C13H16N2O6. The summed E-state index contributed by atoms with van der Waals surface area (Å²) < 4.78 is 5.12. The summed E-state index contributed by atoms with van der Waals surface area (Å²) in [7, 11) is 1.45. The maximum atomic E-state index is 12.2. The van der Waals surface area contributed by atoms with Crippen LogP contribution in [0.15, 0.2) is 18.2 Å². The van der Waals surface area contributed by atoms with Gasteiger partial charge in [0.15, 0.2) is 11.5 Å². The minimum Gasteiger partial charge on any atom is -0.487 e. The van der Waals surface area contributed by atoms with Crippen molar-refractivity contribution in [3.05, 3.63) is 33.9 Å². The summed E-state index contributed by atoms with van der Waals surface area (Å²) in [5.74, 6) is -1.59. The van der Waals surface area contributed by atoms with Crippen molar-refractivity contribution in [3.63, 3.8) is 0 Å². The van der Waals surface area contributed by atoms with Crippen molar-refractivity contribution in [3.8, 4) is 5.75 Å². The second-order valence-electron chi connectivity index (χ2n) is 4.18. The standard InChI is InChI=1S/C13H16N2O6/c1-3-21-11-5-4-8(6-10(11)15(19)20)13(18)9(14-2)7-12(16)17/h4-6,9,14H,3,7H2,1-2H3,(H,16,17). The predicted octanol–water partition coefficient (Wildman–Crippen LogP) is 1.24. The first kappa shape index (κ1) is 16.6. The number of aliphatic carboxylic acids is 1. The first-order valence-electron chi connectivity index (χ1n) is 6.25. The third-order valence-electron chi connectivity index (χ3n) is 2.78. The number of nitro benzene ring substituents is 1. The van der Waals surface area contributed by atoms with E-state index in [0.29, 0.717) is 0 Å². The highest BCUT2D eigenvalue weighted by Crippen LogP contribution is 2.28. The number of hydrogen-bond donors (Lipinski definition) is 2. The smallest absolute Gasteiger partial charge is 0.311 e. The van der Waals surface area contributed by atoms with Gasteiger partial charge in [-0.15, -0.1) is 0 Å². The van der Waals surface area contributed by atoms with Crippen molar-refractivity contribution in [1.82, 2.24) is 5.32 Å². The van der Waals surface area contributed by atoms with Crippen LogP contribution in [0.5, 0.6) is 5.75 Å². The van der Waals surface area contributed by atoms with Gasteiger partial charge in [0.1, 0.15) is 0 Å². The zero-order valence-electron chi connectivity index (χ0n) is 11.7. The molecule has 1 unspecified atom stereocenters. The fourth-order valence-corrected chi connectivity index (χ4v) is 1.79. The van der Waals surface area contributed by atoms with Crippen molar-refractivity contribution in [2.45, 2.75) is 19.4 Å². The Morgan fingerprint density at radius 3 is 2.62 bits per heavy atom. The summed E-state index contributed by atoms with van der Waals surface area (Å²) >= 11 is 0. The average Bonchev–Trinajstić information content (AvgIpc) is 2.44. The molecule has 21 heavy (non-hydrogen) atoms. The molecule has 0 radical (unpaired) electrons. The highest BCUT2D eigenvalue weighted by molar-refractivity contribution is 6.02. The van der Waals surface area contributed by atoms with Gasteiger partial charge >= 0.3 is 11.7 Å². The Kier molecular flexibility index (Phi) is 5.79. The maximum Gasteiger partial charge on any atom is 0.311 e. The van der Waals surface area contributed by atoms with Crippen LogP contribution < -0.4 is 10.1 Å². The van der Waals surface area contributed by atoms with E-state index < -0.39 is 29.1 Å². The maximum absolute atomic E-state index is 12.2. The lowest BCUT2D eigenvalue weighted by molar-refractivity contribution is -0.385. The van der Waals surface area contributed by atoms with Gasteiger partial charge in [0, 0.05) is 11.6 Å². The van der Waals surface area contributed by atoms with Crippen molar-refractivity contribution in [1.29, 1.82) is 0 Å². The molecule has 0 saturated heterocycles. The fourth-order valence-electron chi connectivity index (χ4n) is 1.79. The largest absolute Gasteiger partial charge is 0.487 e. The molecule has 1 aromatic carbocycles. The third kappa shape index (κ3) is 4.25. The first-order chi connectivity index (χ1) is 9.90. The molecule has 8 nitrogen and oxygen atoms in total. The van der Waals surface area contributed by atoms with Crippen LogP contribution in [-0.4, -0.2) is 41.5 Å². The van der Waals surface area contributed by atoms with Gasteiger partial charge in [-0.1, -0.05) is 0 Å². The lowest BCUT2D eigenvalue weighted by Gasteiger charge is -2.13. The minimum absolute atomic E-state index is 0.0609. The number of likely N-dealkylation sites (N-methyl/N-ethyl adjacent to an activating group) is 1. The minimum atomic E-state index is -1.14. The summed E-state index contributed by atoms with van der Waals surface area (Å²) in [5, 5.41) is 22.3. The Labute approximate surface area is 120 Å². The first-order valence-corrected chi connectivity index (χ1v) is 6.25. The number of carboxylic acid groups (broad SMARTS) is 1. The van der Waals surface area contributed by atoms with E-state index in [1.807, 2.05) is 0 Å². The quantitative estimate of drug-likeness (QED) is 0.420. The average molecular weight is 296 g/mol. The molecule has 0 bridgehead atoms.